The predicted octanol–water partition coefficient (Wildman–Crippen LogP) is 12.1. The van der Waals surface area contributed by atoms with E-state index in [0.29, 0.717) is 28.5 Å². The molecule has 0 amide bonds. The first-order chi connectivity index (χ1) is 24.6. The number of carbonyl (C=O) groups is 1. The first-order valence-electron chi connectivity index (χ1n) is 18.4. The summed E-state index contributed by atoms with van der Waals surface area (Å²) in [7, 11) is 0. The zero-order chi connectivity index (χ0) is 35.7. The second-order valence-corrected chi connectivity index (χ2v) is 14.3. The number of para-hydroxylation sites is 1. The summed E-state index contributed by atoms with van der Waals surface area (Å²) < 4.78 is 51.3. The molecule has 266 valence electrons. The number of ether oxygens (including phenoxy) is 1. The number of carboxylic acid groups (broad SMARTS) is 1. The largest absolute Gasteiger partial charge is 0.481 e. The molecule has 2 heterocycles. The van der Waals surface area contributed by atoms with Crippen LogP contribution in [0, 0.1) is 12.8 Å². The zero-order valence-corrected chi connectivity index (χ0v) is 29.3. The number of fused-ring (bicyclic) bond motifs is 5. The van der Waals surface area contributed by atoms with Crippen molar-refractivity contribution in [1.82, 2.24) is 9.97 Å². The van der Waals surface area contributed by atoms with E-state index >= 15 is 13.2 Å². The minimum atomic E-state index is -4.68. The predicted molar refractivity (Wildman–Crippen MR) is 199 cm³/mol. The fourth-order valence-corrected chi connectivity index (χ4v) is 8.25. The summed E-state index contributed by atoms with van der Waals surface area (Å²) in [6.45, 7) is 4.62. The summed E-state index contributed by atoms with van der Waals surface area (Å²) in [5, 5.41) is 14.2. The fraction of sp³-hybridized carbons (Fsp3) is 0.395. The van der Waals surface area contributed by atoms with Crippen molar-refractivity contribution >= 4 is 49.5 Å². The number of aliphatic carboxylic acids is 1. The van der Waals surface area contributed by atoms with Gasteiger partial charge >= 0.3 is 12.1 Å². The van der Waals surface area contributed by atoms with Crippen LogP contribution < -0.4 is 0 Å². The summed E-state index contributed by atoms with van der Waals surface area (Å²) >= 11 is 0. The van der Waals surface area contributed by atoms with Crippen LogP contribution in [0.4, 0.5) is 13.2 Å². The van der Waals surface area contributed by atoms with Crippen molar-refractivity contribution in [2.24, 2.45) is 5.92 Å². The topological polar surface area (TPSA) is 75.2 Å². The van der Waals surface area contributed by atoms with Crippen LogP contribution in [0.5, 0.6) is 0 Å². The van der Waals surface area contributed by atoms with Gasteiger partial charge < -0.3 is 14.8 Å². The number of aryl methyl sites for hydroxylation is 1. The lowest BCUT2D eigenvalue weighted by Crippen LogP contribution is -2.25. The van der Waals surface area contributed by atoms with Crippen molar-refractivity contribution in [2.75, 3.05) is 6.61 Å². The van der Waals surface area contributed by atoms with E-state index in [1.54, 1.807) is 0 Å². The highest BCUT2D eigenvalue weighted by Gasteiger charge is 2.46. The number of nitrogens with one attached hydrogen (secondary N) is 1. The fourth-order valence-electron chi connectivity index (χ4n) is 8.25. The Bertz CT molecular complexity index is 2210. The molecule has 7 rings (SSSR count). The van der Waals surface area contributed by atoms with Crippen LogP contribution in [0.25, 0.3) is 54.6 Å². The quantitative estimate of drug-likeness (QED) is 0.0932. The number of hydrogen-bond donors (Lipinski definition) is 2. The number of aromatic nitrogens is 2. The van der Waals surface area contributed by atoms with E-state index in [1.165, 1.54) is 32.1 Å². The van der Waals surface area contributed by atoms with Crippen molar-refractivity contribution in [3.63, 3.8) is 0 Å². The Hall–Kier alpha value is -4.43. The van der Waals surface area contributed by atoms with Gasteiger partial charge in [-0.3, -0.25) is 4.79 Å². The third-order valence-corrected chi connectivity index (χ3v) is 10.8. The zero-order valence-electron chi connectivity index (χ0n) is 29.3. The molecular formula is C43H45F3N2O3. The van der Waals surface area contributed by atoms with Gasteiger partial charge in [0.25, 0.3) is 0 Å². The number of pyridine rings is 1. The molecule has 1 aliphatic rings. The van der Waals surface area contributed by atoms with Crippen molar-refractivity contribution in [1.29, 1.82) is 0 Å². The van der Waals surface area contributed by atoms with Gasteiger partial charge in [0.05, 0.1) is 28.6 Å². The maximum absolute atomic E-state index is 15.1. The first kappa shape index (κ1) is 35.0. The lowest BCUT2D eigenvalue weighted by atomic mass is 9.87. The number of aromatic amines is 1. The number of nitrogens with zero attached hydrogens (tertiary/aromatic N) is 1. The number of unbranched alkanes of at least 4 members (excludes halogenated alkanes) is 7. The van der Waals surface area contributed by atoms with Crippen LogP contribution in [0.3, 0.4) is 0 Å². The number of H-pyrrole nitrogens is 1. The molecule has 3 atom stereocenters. The Morgan fingerprint density at radius 1 is 0.882 bits per heavy atom. The average molecular weight is 695 g/mol. The number of carboxylic acids is 1. The number of benzene rings is 4. The maximum atomic E-state index is 15.1. The van der Waals surface area contributed by atoms with E-state index in [9.17, 15) is 9.90 Å². The lowest BCUT2D eigenvalue weighted by molar-refractivity contribution is -0.146. The van der Waals surface area contributed by atoms with Gasteiger partial charge in [0.2, 0.25) is 0 Å². The maximum Gasteiger partial charge on any atom is 0.431 e. The van der Waals surface area contributed by atoms with E-state index in [-0.39, 0.29) is 18.4 Å². The number of hydrogen-bond acceptors (Lipinski definition) is 3. The molecular weight excluding hydrogens is 649 g/mol. The highest BCUT2D eigenvalue weighted by molar-refractivity contribution is 6.14. The monoisotopic (exact) mass is 694 g/mol. The van der Waals surface area contributed by atoms with Gasteiger partial charge in [-0.05, 0) is 77.9 Å². The average Bonchev–Trinajstić information content (AvgIpc) is 3.73. The van der Waals surface area contributed by atoms with Gasteiger partial charge in [-0.15, -0.1) is 0 Å². The molecule has 0 unspecified atom stereocenters. The molecule has 51 heavy (non-hydrogen) atoms. The molecule has 6 aromatic rings. The van der Waals surface area contributed by atoms with Crippen molar-refractivity contribution in [3.8, 4) is 11.1 Å². The smallest absolute Gasteiger partial charge is 0.431 e. The molecule has 5 nitrogen and oxygen atoms in total. The summed E-state index contributed by atoms with van der Waals surface area (Å²) in [6, 6.07) is 23.4. The highest BCUT2D eigenvalue weighted by atomic mass is 19.4. The summed E-state index contributed by atoms with van der Waals surface area (Å²) in [5.41, 5.74) is 3.82. The third-order valence-electron chi connectivity index (χ3n) is 10.8. The number of rotatable bonds is 13. The second kappa shape index (κ2) is 14.7. The molecule has 1 fully saturated rings. The summed E-state index contributed by atoms with van der Waals surface area (Å²) in [4.78, 5) is 20.3. The lowest BCUT2D eigenvalue weighted by Gasteiger charge is -2.17. The van der Waals surface area contributed by atoms with Crippen LogP contribution in [0.15, 0.2) is 72.8 Å². The standard InChI is InChI=1S/C43H45F3N2O3/c1-3-4-5-6-7-8-9-12-20-51-36-25-31(23-34(36)42(49)50)37-38-33(22-27-15-10-11-17-32(27)40(38)48-41(37)43(44,45)46)28-18-19-29-21-30-16-13-14-26(2)39(30)47-35(29)24-28/h10-11,13-19,21-22,24,31,34,36,48H,3-9,12,20,23,25H2,1-2H3,(H,49,50)/t31-,34-,36-/m0/s1. The van der Waals surface area contributed by atoms with Gasteiger partial charge in [-0.1, -0.05) is 106 Å². The SMILES string of the molecule is CCCCCCCCCCO[C@H]1C[C@@H](c2c(C(F)(F)F)[nH]c3c2c(-c2ccc4cc5cccc(C)c5nc4c2)cc2ccccc23)C[C@@H]1C(=O)O. The van der Waals surface area contributed by atoms with Gasteiger partial charge in [-0.25, -0.2) is 4.98 Å². The molecule has 8 heteroatoms. The van der Waals surface area contributed by atoms with E-state index in [4.69, 9.17) is 9.72 Å². The van der Waals surface area contributed by atoms with Gasteiger partial charge in [0, 0.05) is 28.2 Å². The molecule has 1 saturated carbocycles. The number of halogens is 3. The van der Waals surface area contributed by atoms with Crippen molar-refractivity contribution in [2.45, 2.75) is 96.3 Å². The van der Waals surface area contributed by atoms with Crippen molar-refractivity contribution in [3.05, 3.63) is 89.6 Å². The first-order valence-corrected chi connectivity index (χ1v) is 18.4. The molecule has 2 aromatic heterocycles. The van der Waals surface area contributed by atoms with E-state index in [1.807, 2.05) is 73.7 Å². The van der Waals surface area contributed by atoms with Crippen LogP contribution in [-0.4, -0.2) is 33.8 Å². The van der Waals surface area contributed by atoms with Crippen LogP contribution in [0.2, 0.25) is 0 Å². The van der Waals surface area contributed by atoms with Crippen molar-refractivity contribution < 1.29 is 27.8 Å². The van der Waals surface area contributed by atoms with Crippen LogP contribution in [-0.2, 0) is 15.7 Å². The Morgan fingerprint density at radius 3 is 2.39 bits per heavy atom. The van der Waals surface area contributed by atoms with Crippen LogP contribution >= 0.6 is 0 Å². The Kier molecular flexibility index (Phi) is 10.1. The summed E-state index contributed by atoms with van der Waals surface area (Å²) in [5.74, 6) is -2.58. The molecule has 2 N–H and O–H groups in total. The molecule has 4 aromatic carbocycles. The molecule has 0 radical (unpaired) electrons. The Balaban J connectivity index is 1.29. The molecule has 1 aliphatic carbocycles. The Labute approximate surface area is 296 Å². The minimum absolute atomic E-state index is 0.0737. The van der Waals surface area contributed by atoms with Gasteiger partial charge in [0.1, 0.15) is 5.69 Å². The van der Waals surface area contributed by atoms with Gasteiger partial charge in [-0.2, -0.15) is 13.2 Å². The van der Waals surface area contributed by atoms with E-state index in [0.717, 1.165) is 57.6 Å². The van der Waals surface area contributed by atoms with E-state index in [2.05, 4.69) is 18.0 Å². The number of alkyl halides is 3. The third kappa shape index (κ3) is 7.08. The molecule has 0 spiro atoms. The van der Waals surface area contributed by atoms with E-state index < -0.39 is 35.8 Å². The summed E-state index contributed by atoms with van der Waals surface area (Å²) in [6.07, 6.45) is 3.95. The molecule has 0 saturated heterocycles. The molecule has 0 bridgehead atoms. The molecule has 0 aliphatic heterocycles. The normalized spacial score (nSPS) is 18.1. The highest BCUT2D eigenvalue weighted by Crippen LogP contribution is 2.51. The van der Waals surface area contributed by atoms with Crippen LogP contribution in [0.1, 0.15) is 93.9 Å². The van der Waals surface area contributed by atoms with Gasteiger partial charge in [0.15, 0.2) is 0 Å². The Morgan fingerprint density at radius 2 is 1.63 bits per heavy atom. The second-order valence-electron chi connectivity index (χ2n) is 14.3. The minimum Gasteiger partial charge on any atom is -0.481 e.